The Labute approximate surface area is 180 Å². The van der Waals surface area contributed by atoms with Crippen molar-refractivity contribution in [3.8, 4) is 28.5 Å². The van der Waals surface area contributed by atoms with Crippen LogP contribution in [-0.4, -0.2) is 50.2 Å². The van der Waals surface area contributed by atoms with Crippen LogP contribution in [0.15, 0.2) is 48.5 Å². The van der Waals surface area contributed by atoms with Gasteiger partial charge in [0, 0.05) is 31.3 Å². The maximum atomic E-state index is 5.50. The van der Waals surface area contributed by atoms with E-state index in [2.05, 4.69) is 10.2 Å². The number of fused-ring (bicyclic) bond motifs is 1. The summed E-state index contributed by atoms with van der Waals surface area (Å²) < 4.78 is 21.8. The molecule has 1 saturated heterocycles. The SMILES string of the molecule is COc1cccc(-c2cc(N3CCOCC3)nc(NCc3ccc4c(c3)OCO4)n2)c1. The van der Waals surface area contributed by atoms with Crippen LogP contribution in [0.25, 0.3) is 11.3 Å². The lowest BCUT2D eigenvalue weighted by Crippen LogP contribution is -2.36. The number of benzene rings is 2. The van der Waals surface area contributed by atoms with E-state index >= 15 is 0 Å². The zero-order valence-electron chi connectivity index (χ0n) is 17.3. The third kappa shape index (κ3) is 4.34. The minimum absolute atomic E-state index is 0.265. The maximum Gasteiger partial charge on any atom is 0.231 e. The second-order valence-corrected chi connectivity index (χ2v) is 7.31. The predicted molar refractivity (Wildman–Crippen MR) is 117 cm³/mol. The highest BCUT2D eigenvalue weighted by atomic mass is 16.7. The summed E-state index contributed by atoms with van der Waals surface area (Å²) in [5.74, 6) is 3.77. The van der Waals surface area contributed by atoms with Crippen LogP contribution in [0, 0.1) is 0 Å². The quantitative estimate of drug-likeness (QED) is 0.651. The Balaban J connectivity index is 1.43. The monoisotopic (exact) mass is 420 g/mol. The van der Waals surface area contributed by atoms with Crippen LogP contribution >= 0.6 is 0 Å². The largest absolute Gasteiger partial charge is 0.497 e. The molecule has 0 spiro atoms. The van der Waals surface area contributed by atoms with E-state index in [9.17, 15) is 0 Å². The van der Waals surface area contributed by atoms with E-state index in [0.29, 0.717) is 25.7 Å². The van der Waals surface area contributed by atoms with Crippen LogP contribution in [-0.2, 0) is 11.3 Å². The molecule has 2 aliphatic rings. The van der Waals surface area contributed by atoms with Crippen LogP contribution in [0.1, 0.15) is 5.56 Å². The second kappa shape index (κ2) is 8.69. The Kier molecular flexibility index (Phi) is 5.45. The smallest absolute Gasteiger partial charge is 0.231 e. The van der Waals surface area contributed by atoms with Gasteiger partial charge in [0.15, 0.2) is 11.5 Å². The number of ether oxygens (including phenoxy) is 4. The first-order chi connectivity index (χ1) is 15.3. The Morgan fingerprint density at radius 1 is 1.00 bits per heavy atom. The molecule has 3 aromatic rings. The summed E-state index contributed by atoms with van der Waals surface area (Å²) in [7, 11) is 1.66. The molecule has 0 bridgehead atoms. The average Bonchev–Trinajstić information content (AvgIpc) is 3.31. The van der Waals surface area contributed by atoms with E-state index in [-0.39, 0.29) is 6.79 Å². The molecule has 160 valence electrons. The van der Waals surface area contributed by atoms with Gasteiger partial charge in [-0.1, -0.05) is 18.2 Å². The summed E-state index contributed by atoms with van der Waals surface area (Å²) in [5.41, 5.74) is 2.87. The molecule has 3 heterocycles. The molecule has 0 saturated carbocycles. The number of hydrogen-bond donors (Lipinski definition) is 1. The van der Waals surface area contributed by atoms with Gasteiger partial charge in [0.25, 0.3) is 0 Å². The van der Waals surface area contributed by atoms with Crippen molar-refractivity contribution in [2.45, 2.75) is 6.54 Å². The fraction of sp³-hybridized carbons (Fsp3) is 0.304. The lowest BCUT2D eigenvalue weighted by molar-refractivity contribution is 0.122. The molecule has 2 aliphatic heterocycles. The minimum atomic E-state index is 0.265. The lowest BCUT2D eigenvalue weighted by atomic mass is 10.1. The van der Waals surface area contributed by atoms with Gasteiger partial charge in [0.1, 0.15) is 11.6 Å². The Bertz CT molecular complexity index is 1070. The highest BCUT2D eigenvalue weighted by Crippen LogP contribution is 2.33. The summed E-state index contributed by atoms with van der Waals surface area (Å²) in [4.78, 5) is 11.8. The zero-order chi connectivity index (χ0) is 21.0. The maximum absolute atomic E-state index is 5.50. The minimum Gasteiger partial charge on any atom is -0.497 e. The van der Waals surface area contributed by atoms with E-state index in [1.807, 2.05) is 48.5 Å². The van der Waals surface area contributed by atoms with Crippen molar-refractivity contribution < 1.29 is 18.9 Å². The number of anilines is 2. The Hall–Kier alpha value is -3.52. The molecule has 0 amide bonds. The van der Waals surface area contributed by atoms with E-state index < -0.39 is 0 Å². The summed E-state index contributed by atoms with van der Waals surface area (Å²) in [6.07, 6.45) is 0. The topological polar surface area (TPSA) is 78.0 Å². The van der Waals surface area contributed by atoms with Crippen molar-refractivity contribution in [3.63, 3.8) is 0 Å². The molecule has 1 N–H and O–H groups in total. The van der Waals surface area contributed by atoms with Crippen molar-refractivity contribution in [2.75, 3.05) is 50.4 Å². The van der Waals surface area contributed by atoms with Crippen LogP contribution < -0.4 is 24.4 Å². The van der Waals surface area contributed by atoms with Crippen molar-refractivity contribution in [1.29, 1.82) is 0 Å². The number of rotatable bonds is 6. The van der Waals surface area contributed by atoms with Crippen molar-refractivity contribution in [1.82, 2.24) is 9.97 Å². The van der Waals surface area contributed by atoms with Crippen LogP contribution in [0.5, 0.6) is 17.2 Å². The molecule has 0 atom stereocenters. The Morgan fingerprint density at radius 2 is 1.87 bits per heavy atom. The van der Waals surface area contributed by atoms with Gasteiger partial charge in [-0.25, -0.2) is 4.98 Å². The number of nitrogens with one attached hydrogen (secondary N) is 1. The third-order valence-corrected chi connectivity index (χ3v) is 5.30. The molecule has 8 heteroatoms. The number of aromatic nitrogens is 2. The summed E-state index contributed by atoms with van der Waals surface area (Å²) >= 11 is 0. The van der Waals surface area contributed by atoms with Crippen molar-refractivity contribution in [3.05, 3.63) is 54.1 Å². The predicted octanol–water partition coefficient (Wildman–Crippen LogP) is 3.33. The van der Waals surface area contributed by atoms with Gasteiger partial charge in [-0.05, 0) is 29.8 Å². The summed E-state index contributed by atoms with van der Waals surface area (Å²) in [5, 5.41) is 3.36. The highest BCUT2D eigenvalue weighted by Gasteiger charge is 2.17. The van der Waals surface area contributed by atoms with E-state index in [4.69, 9.17) is 28.9 Å². The van der Waals surface area contributed by atoms with Gasteiger partial charge >= 0.3 is 0 Å². The summed E-state index contributed by atoms with van der Waals surface area (Å²) in [6, 6.07) is 15.8. The zero-order valence-corrected chi connectivity index (χ0v) is 17.3. The molecule has 8 nitrogen and oxygen atoms in total. The molecule has 5 rings (SSSR count). The van der Waals surface area contributed by atoms with Crippen molar-refractivity contribution in [2.24, 2.45) is 0 Å². The molecular weight excluding hydrogens is 396 g/mol. The van der Waals surface area contributed by atoms with Gasteiger partial charge in [-0.3, -0.25) is 0 Å². The van der Waals surface area contributed by atoms with Gasteiger partial charge < -0.3 is 29.2 Å². The van der Waals surface area contributed by atoms with E-state index in [0.717, 1.165) is 53.0 Å². The van der Waals surface area contributed by atoms with Gasteiger partial charge in [0.2, 0.25) is 12.7 Å². The lowest BCUT2D eigenvalue weighted by Gasteiger charge is -2.28. The van der Waals surface area contributed by atoms with Crippen molar-refractivity contribution >= 4 is 11.8 Å². The molecule has 2 aromatic carbocycles. The first-order valence-corrected chi connectivity index (χ1v) is 10.3. The van der Waals surface area contributed by atoms with Crippen LogP contribution in [0.3, 0.4) is 0 Å². The molecule has 0 radical (unpaired) electrons. The Morgan fingerprint density at radius 3 is 2.74 bits per heavy atom. The van der Waals surface area contributed by atoms with Gasteiger partial charge in [-0.2, -0.15) is 4.98 Å². The summed E-state index contributed by atoms with van der Waals surface area (Å²) in [6.45, 7) is 3.82. The first kappa shape index (κ1) is 19.4. The van der Waals surface area contributed by atoms with Gasteiger partial charge in [-0.15, -0.1) is 0 Å². The van der Waals surface area contributed by atoms with E-state index in [1.54, 1.807) is 7.11 Å². The fourth-order valence-electron chi connectivity index (χ4n) is 3.63. The average molecular weight is 420 g/mol. The van der Waals surface area contributed by atoms with Gasteiger partial charge in [0.05, 0.1) is 26.0 Å². The highest BCUT2D eigenvalue weighted by molar-refractivity contribution is 5.66. The fourth-order valence-corrected chi connectivity index (χ4v) is 3.63. The number of nitrogens with zero attached hydrogens (tertiary/aromatic N) is 3. The molecule has 0 aliphatic carbocycles. The normalized spacial score (nSPS) is 15.1. The molecular formula is C23H24N4O4. The molecule has 0 unspecified atom stereocenters. The number of morpholine rings is 1. The standard InChI is InChI=1S/C23H24N4O4/c1-28-18-4-2-3-17(12-18)19-13-22(27-7-9-29-10-8-27)26-23(25-19)24-14-16-5-6-20-21(11-16)31-15-30-20/h2-6,11-13H,7-10,14-15H2,1H3,(H,24,25,26). The van der Waals surface area contributed by atoms with Crippen LogP contribution in [0.4, 0.5) is 11.8 Å². The molecule has 1 aromatic heterocycles. The second-order valence-electron chi connectivity index (χ2n) is 7.31. The van der Waals surface area contributed by atoms with Crippen LogP contribution in [0.2, 0.25) is 0 Å². The first-order valence-electron chi connectivity index (χ1n) is 10.3. The molecule has 1 fully saturated rings. The molecule has 31 heavy (non-hydrogen) atoms. The third-order valence-electron chi connectivity index (χ3n) is 5.30. The number of hydrogen-bond acceptors (Lipinski definition) is 8. The van der Waals surface area contributed by atoms with E-state index in [1.165, 1.54) is 0 Å². The number of methoxy groups -OCH3 is 1.